The van der Waals surface area contributed by atoms with Crippen LogP contribution in [0.3, 0.4) is 0 Å². The molecule has 2 fully saturated rings. The summed E-state index contributed by atoms with van der Waals surface area (Å²) < 4.78 is 65.8. The number of alkyl halides is 3. The third kappa shape index (κ3) is 4.99. The molecule has 162 valence electrons. The number of sulfonamides is 1. The number of rotatable bonds is 7. The molecule has 1 aliphatic carbocycles. The molecule has 4 atom stereocenters. The van der Waals surface area contributed by atoms with Gasteiger partial charge in [-0.1, -0.05) is 12.8 Å². The Hall–Kier alpha value is -0.885. The lowest BCUT2D eigenvalue weighted by Crippen LogP contribution is -2.55. The molecule has 0 amide bonds. The van der Waals surface area contributed by atoms with Crippen LogP contribution in [0.4, 0.5) is 13.2 Å². The van der Waals surface area contributed by atoms with E-state index in [1.807, 2.05) is 0 Å². The fraction of sp³-hybridized carbons (Fsp3) is 0.933. The summed E-state index contributed by atoms with van der Waals surface area (Å²) in [6, 6.07) is 0. The van der Waals surface area contributed by atoms with Crippen molar-refractivity contribution in [2.75, 3.05) is 13.1 Å². The Kier molecular flexibility index (Phi) is 7.07. The lowest BCUT2D eigenvalue weighted by atomic mass is 9.78. The van der Waals surface area contributed by atoms with Crippen molar-refractivity contribution in [3.63, 3.8) is 0 Å². The summed E-state index contributed by atoms with van der Waals surface area (Å²) in [5, 5.41) is 26.1. The molecule has 0 radical (unpaired) electrons. The van der Waals surface area contributed by atoms with Crippen molar-refractivity contribution < 1.29 is 41.5 Å². The zero-order chi connectivity index (χ0) is 21.3. The minimum atomic E-state index is -4.47. The maximum absolute atomic E-state index is 13.0. The standard InChI is InChI=1S/C15H26BF3N2O6S/c17-15(18,19)10-3-1-5-12(7-10)28(26,27)21-8-11(4-2-6-16(24)25)14(20,9-21)13(22)23/h10-12,24-25H,1-9,20H2,(H,22,23)/t10?,11-,12?,14-/m0/s1. The van der Waals surface area contributed by atoms with E-state index >= 15 is 0 Å². The molecule has 1 saturated heterocycles. The maximum atomic E-state index is 13.0. The molecule has 0 aromatic heterocycles. The van der Waals surface area contributed by atoms with Crippen molar-refractivity contribution in [3.05, 3.63) is 0 Å². The highest BCUT2D eigenvalue weighted by Gasteiger charge is 2.54. The van der Waals surface area contributed by atoms with Gasteiger partial charge in [0.05, 0.1) is 11.2 Å². The van der Waals surface area contributed by atoms with Crippen LogP contribution < -0.4 is 5.73 Å². The topological polar surface area (TPSA) is 141 Å². The number of hydrogen-bond donors (Lipinski definition) is 4. The first-order valence-corrected chi connectivity index (χ1v) is 10.7. The third-order valence-corrected chi connectivity index (χ3v) is 8.14. The Bertz CT molecular complexity index is 677. The van der Waals surface area contributed by atoms with E-state index in [-0.39, 0.29) is 45.0 Å². The molecule has 0 aromatic rings. The third-order valence-electron chi connectivity index (χ3n) is 5.87. The van der Waals surface area contributed by atoms with Crippen LogP contribution in [0, 0.1) is 11.8 Å². The van der Waals surface area contributed by atoms with Gasteiger partial charge >= 0.3 is 19.3 Å². The van der Waals surface area contributed by atoms with Crippen LogP contribution in [0.15, 0.2) is 0 Å². The van der Waals surface area contributed by atoms with Crippen molar-refractivity contribution in [1.29, 1.82) is 0 Å². The van der Waals surface area contributed by atoms with Crippen molar-refractivity contribution in [3.8, 4) is 0 Å². The zero-order valence-electron chi connectivity index (χ0n) is 15.3. The fourth-order valence-corrected chi connectivity index (χ4v) is 6.29. The van der Waals surface area contributed by atoms with Gasteiger partial charge in [-0.25, -0.2) is 8.42 Å². The van der Waals surface area contributed by atoms with E-state index < -0.39 is 64.9 Å². The molecule has 5 N–H and O–H groups in total. The first-order chi connectivity index (χ1) is 12.8. The van der Waals surface area contributed by atoms with Gasteiger partial charge in [0.1, 0.15) is 5.54 Å². The normalized spacial score (nSPS) is 32.4. The average Bonchev–Trinajstić information content (AvgIpc) is 2.93. The minimum absolute atomic E-state index is 0.0190. The lowest BCUT2D eigenvalue weighted by molar-refractivity contribution is -0.181. The number of carboxylic acid groups (broad SMARTS) is 1. The van der Waals surface area contributed by atoms with Crippen molar-refractivity contribution >= 4 is 23.1 Å². The molecular formula is C15H26BF3N2O6S. The molecule has 28 heavy (non-hydrogen) atoms. The van der Waals surface area contributed by atoms with Crippen molar-refractivity contribution in [2.45, 2.75) is 61.8 Å². The van der Waals surface area contributed by atoms with E-state index in [4.69, 9.17) is 15.8 Å². The Morgan fingerprint density at radius 3 is 2.46 bits per heavy atom. The largest absolute Gasteiger partial charge is 0.480 e. The summed E-state index contributed by atoms with van der Waals surface area (Å²) in [6.07, 6.45) is -4.53. The van der Waals surface area contributed by atoms with Gasteiger partial charge in [0.25, 0.3) is 0 Å². The summed E-state index contributed by atoms with van der Waals surface area (Å²) in [4.78, 5) is 11.7. The number of nitrogens with two attached hydrogens (primary N) is 1. The predicted molar refractivity (Wildman–Crippen MR) is 94.6 cm³/mol. The molecule has 2 unspecified atom stereocenters. The number of nitrogens with zero attached hydrogens (tertiary/aromatic N) is 1. The summed E-state index contributed by atoms with van der Waals surface area (Å²) in [6.45, 7) is -0.718. The Labute approximate surface area is 162 Å². The number of aliphatic carboxylic acids is 1. The fourth-order valence-electron chi connectivity index (χ4n) is 4.15. The number of halogens is 3. The first-order valence-electron chi connectivity index (χ1n) is 9.22. The first kappa shape index (κ1) is 23.4. The molecule has 1 heterocycles. The lowest BCUT2D eigenvalue weighted by Gasteiger charge is -2.32. The van der Waals surface area contributed by atoms with E-state index in [0.29, 0.717) is 0 Å². The predicted octanol–water partition coefficient (Wildman–Crippen LogP) is 0.404. The van der Waals surface area contributed by atoms with Crippen LogP contribution in [0.25, 0.3) is 0 Å². The maximum Gasteiger partial charge on any atom is 0.451 e. The van der Waals surface area contributed by atoms with Crippen molar-refractivity contribution in [1.82, 2.24) is 4.31 Å². The molecule has 0 aromatic carbocycles. The smallest absolute Gasteiger partial charge is 0.451 e. The quantitative estimate of drug-likeness (QED) is 0.429. The van der Waals surface area contributed by atoms with E-state index in [1.165, 1.54) is 0 Å². The molecule has 1 saturated carbocycles. The summed E-state index contributed by atoms with van der Waals surface area (Å²) in [7, 11) is -5.71. The van der Waals surface area contributed by atoms with Gasteiger partial charge in [0.15, 0.2) is 0 Å². The van der Waals surface area contributed by atoms with Crippen LogP contribution in [0.1, 0.15) is 38.5 Å². The van der Waals surface area contributed by atoms with Gasteiger partial charge in [-0.05, 0) is 32.0 Å². The van der Waals surface area contributed by atoms with Gasteiger partial charge in [0.2, 0.25) is 10.0 Å². The molecule has 2 rings (SSSR count). The van der Waals surface area contributed by atoms with Crippen molar-refractivity contribution in [2.24, 2.45) is 17.6 Å². The Morgan fingerprint density at radius 1 is 1.29 bits per heavy atom. The molecule has 0 spiro atoms. The van der Waals surface area contributed by atoms with Gasteiger partial charge in [-0.2, -0.15) is 17.5 Å². The number of carboxylic acids is 1. The van der Waals surface area contributed by atoms with Crippen LogP contribution in [0.5, 0.6) is 0 Å². The van der Waals surface area contributed by atoms with Gasteiger partial charge in [-0.3, -0.25) is 4.79 Å². The van der Waals surface area contributed by atoms with Crippen LogP contribution in [-0.4, -0.2) is 71.0 Å². The van der Waals surface area contributed by atoms with E-state index in [9.17, 15) is 31.5 Å². The average molecular weight is 430 g/mol. The van der Waals surface area contributed by atoms with Crippen LogP contribution in [-0.2, 0) is 14.8 Å². The molecule has 13 heteroatoms. The number of hydrogen-bond acceptors (Lipinski definition) is 6. The highest BCUT2D eigenvalue weighted by atomic mass is 32.2. The Morgan fingerprint density at radius 2 is 1.93 bits per heavy atom. The van der Waals surface area contributed by atoms with Gasteiger partial charge in [0, 0.05) is 19.0 Å². The molecule has 2 aliphatic rings. The van der Waals surface area contributed by atoms with E-state index in [0.717, 1.165) is 4.31 Å². The second-order valence-corrected chi connectivity index (χ2v) is 10.0. The Balaban J connectivity index is 2.16. The second kappa shape index (κ2) is 8.46. The SMILES string of the molecule is N[C@@]1(C(=O)O)CN(S(=O)(=O)C2CCCC(C(F)(F)F)C2)C[C@@H]1CCCB(O)O. The molecular weight excluding hydrogens is 404 g/mol. The molecule has 1 aliphatic heterocycles. The van der Waals surface area contributed by atoms with Crippen LogP contribution in [0.2, 0.25) is 6.32 Å². The summed E-state index contributed by atoms with van der Waals surface area (Å²) in [5.74, 6) is -3.86. The minimum Gasteiger partial charge on any atom is -0.480 e. The van der Waals surface area contributed by atoms with Gasteiger partial charge in [-0.15, -0.1) is 0 Å². The van der Waals surface area contributed by atoms with E-state index in [1.54, 1.807) is 0 Å². The molecule has 0 bridgehead atoms. The zero-order valence-corrected chi connectivity index (χ0v) is 16.1. The summed E-state index contributed by atoms with van der Waals surface area (Å²) >= 11 is 0. The highest BCUT2D eigenvalue weighted by molar-refractivity contribution is 7.89. The second-order valence-electron chi connectivity index (χ2n) is 7.82. The van der Waals surface area contributed by atoms with E-state index in [2.05, 4.69) is 0 Å². The monoisotopic (exact) mass is 430 g/mol. The highest BCUT2D eigenvalue weighted by Crippen LogP contribution is 2.41. The van der Waals surface area contributed by atoms with Crippen LogP contribution >= 0.6 is 0 Å². The number of carbonyl (C=O) groups is 1. The van der Waals surface area contributed by atoms with Gasteiger partial charge < -0.3 is 20.9 Å². The molecule has 8 nitrogen and oxygen atoms in total. The summed E-state index contributed by atoms with van der Waals surface area (Å²) in [5.41, 5.74) is 4.10.